The van der Waals surface area contributed by atoms with E-state index >= 15 is 0 Å². The van der Waals surface area contributed by atoms with Crippen LogP contribution in [0.25, 0.3) is 0 Å². The van der Waals surface area contributed by atoms with Gasteiger partial charge in [0.1, 0.15) is 5.78 Å². The zero-order valence-electron chi connectivity index (χ0n) is 10.4. The van der Waals surface area contributed by atoms with Crippen LogP contribution in [0.5, 0.6) is 0 Å². The Kier molecular flexibility index (Phi) is 4.39. The van der Waals surface area contributed by atoms with Gasteiger partial charge < -0.3 is 4.74 Å². The molecule has 0 aromatic carbocycles. The molecule has 1 aliphatic carbocycles. The van der Waals surface area contributed by atoms with Crippen molar-refractivity contribution in [2.75, 3.05) is 6.61 Å². The van der Waals surface area contributed by atoms with Gasteiger partial charge in [0.25, 0.3) is 0 Å². The van der Waals surface area contributed by atoms with Gasteiger partial charge in [0, 0.05) is 18.9 Å². The lowest BCUT2D eigenvalue weighted by Crippen LogP contribution is -2.17. The summed E-state index contributed by atoms with van der Waals surface area (Å²) in [6.45, 7) is 3.16. The van der Waals surface area contributed by atoms with Crippen LogP contribution in [0.4, 0.5) is 0 Å². The van der Waals surface area contributed by atoms with Gasteiger partial charge in [0.15, 0.2) is 0 Å². The van der Waals surface area contributed by atoms with E-state index in [0.29, 0.717) is 23.7 Å². The van der Waals surface area contributed by atoms with Gasteiger partial charge in [0.2, 0.25) is 0 Å². The van der Waals surface area contributed by atoms with E-state index < -0.39 is 0 Å². The monoisotopic (exact) mass is 224 g/mol. The standard InChI is InChI=1S/C14H24O2/c1-11-5-2-8-13(11)14(15)9-3-6-12-7-4-10-16-12/h11-13H,2-10H2,1H3. The van der Waals surface area contributed by atoms with E-state index in [1.54, 1.807) is 0 Å². The highest BCUT2D eigenvalue weighted by Crippen LogP contribution is 2.33. The molecule has 0 radical (unpaired) electrons. The first-order chi connectivity index (χ1) is 7.77. The number of carbonyl (C=O) groups excluding carboxylic acids is 1. The van der Waals surface area contributed by atoms with Crippen molar-refractivity contribution in [3.05, 3.63) is 0 Å². The molecule has 0 bridgehead atoms. The van der Waals surface area contributed by atoms with Crippen molar-refractivity contribution in [1.29, 1.82) is 0 Å². The van der Waals surface area contributed by atoms with Gasteiger partial charge in [-0.2, -0.15) is 0 Å². The van der Waals surface area contributed by atoms with E-state index in [1.165, 1.54) is 25.7 Å². The lowest BCUT2D eigenvalue weighted by atomic mass is 9.90. The van der Waals surface area contributed by atoms with Gasteiger partial charge in [-0.3, -0.25) is 4.79 Å². The summed E-state index contributed by atoms with van der Waals surface area (Å²) in [6.07, 6.45) is 9.42. The van der Waals surface area contributed by atoms with Crippen molar-refractivity contribution in [2.24, 2.45) is 11.8 Å². The molecule has 0 aromatic rings. The zero-order chi connectivity index (χ0) is 11.4. The fourth-order valence-corrected chi connectivity index (χ4v) is 3.19. The van der Waals surface area contributed by atoms with Gasteiger partial charge in [-0.15, -0.1) is 0 Å². The average Bonchev–Trinajstić information content (AvgIpc) is 2.88. The maximum atomic E-state index is 12.0. The first kappa shape index (κ1) is 12.1. The predicted octanol–water partition coefficient (Wildman–Crippen LogP) is 3.34. The predicted molar refractivity (Wildman–Crippen MR) is 64.3 cm³/mol. The van der Waals surface area contributed by atoms with Crippen LogP contribution < -0.4 is 0 Å². The fraction of sp³-hybridized carbons (Fsp3) is 0.929. The summed E-state index contributed by atoms with van der Waals surface area (Å²) in [4.78, 5) is 12.0. The Labute approximate surface area is 98.7 Å². The average molecular weight is 224 g/mol. The summed E-state index contributed by atoms with van der Waals surface area (Å²) in [5.74, 6) is 1.53. The molecule has 92 valence electrons. The van der Waals surface area contributed by atoms with E-state index in [2.05, 4.69) is 6.92 Å². The van der Waals surface area contributed by atoms with Crippen molar-refractivity contribution in [1.82, 2.24) is 0 Å². The molecule has 0 spiro atoms. The third-order valence-corrected chi connectivity index (χ3v) is 4.25. The van der Waals surface area contributed by atoms with Crippen molar-refractivity contribution in [3.63, 3.8) is 0 Å². The Morgan fingerprint density at radius 2 is 2.12 bits per heavy atom. The van der Waals surface area contributed by atoms with E-state index in [4.69, 9.17) is 4.74 Å². The summed E-state index contributed by atoms with van der Waals surface area (Å²) in [5, 5.41) is 0. The molecule has 16 heavy (non-hydrogen) atoms. The van der Waals surface area contributed by atoms with Gasteiger partial charge >= 0.3 is 0 Å². The highest BCUT2D eigenvalue weighted by molar-refractivity contribution is 5.81. The molecule has 2 nitrogen and oxygen atoms in total. The van der Waals surface area contributed by atoms with Crippen LogP contribution in [0.2, 0.25) is 0 Å². The zero-order valence-corrected chi connectivity index (χ0v) is 10.4. The number of Topliss-reactive ketones (excluding diaryl/α,β-unsaturated/α-hetero) is 1. The molecule has 0 aromatic heterocycles. The van der Waals surface area contributed by atoms with Crippen LogP contribution in [0.1, 0.15) is 58.3 Å². The molecule has 0 N–H and O–H groups in total. The molecule has 2 heteroatoms. The minimum absolute atomic E-state index is 0.379. The summed E-state index contributed by atoms with van der Waals surface area (Å²) < 4.78 is 5.57. The van der Waals surface area contributed by atoms with Crippen LogP contribution in [-0.4, -0.2) is 18.5 Å². The van der Waals surface area contributed by atoms with Crippen LogP contribution >= 0.6 is 0 Å². The molecule has 1 heterocycles. The second-order valence-electron chi connectivity index (χ2n) is 5.51. The lowest BCUT2D eigenvalue weighted by molar-refractivity contribution is -0.123. The maximum Gasteiger partial charge on any atom is 0.136 e. The smallest absolute Gasteiger partial charge is 0.136 e. The largest absolute Gasteiger partial charge is 0.378 e. The third kappa shape index (κ3) is 3.07. The molecule has 2 aliphatic rings. The molecular formula is C14H24O2. The maximum absolute atomic E-state index is 12.0. The minimum Gasteiger partial charge on any atom is -0.378 e. The highest BCUT2D eigenvalue weighted by Gasteiger charge is 2.29. The van der Waals surface area contributed by atoms with Crippen LogP contribution in [0.15, 0.2) is 0 Å². The Bertz CT molecular complexity index is 231. The number of rotatable bonds is 5. The Balaban J connectivity index is 1.63. The number of hydrogen-bond donors (Lipinski definition) is 0. The second kappa shape index (κ2) is 5.81. The summed E-state index contributed by atoms with van der Waals surface area (Å²) in [6, 6.07) is 0. The molecule has 1 saturated carbocycles. The Morgan fingerprint density at radius 3 is 2.75 bits per heavy atom. The number of ether oxygens (including phenoxy) is 1. The second-order valence-corrected chi connectivity index (χ2v) is 5.51. The summed E-state index contributed by atoms with van der Waals surface area (Å²) in [5.41, 5.74) is 0. The van der Waals surface area contributed by atoms with Crippen molar-refractivity contribution in [3.8, 4) is 0 Å². The first-order valence-corrected chi connectivity index (χ1v) is 6.91. The van der Waals surface area contributed by atoms with E-state index in [0.717, 1.165) is 32.3 Å². The van der Waals surface area contributed by atoms with Crippen molar-refractivity contribution >= 4 is 5.78 Å². The number of hydrogen-bond acceptors (Lipinski definition) is 2. The molecule has 3 atom stereocenters. The van der Waals surface area contributed by atoms with Crippen molar-refractivity contribution < 1.29 is 9.53 Å². The highest BCUT2D eigenvalue weighted by atomic mass is 16.5. The molecular weight excluding hydrogens is 200 g/mol. The fourth-order valence-electron chi connectivity index (χ4n) is 3.19. The lowest BCUT2D eigenvalue weighted by Gasteiger charge is -2.14. The van der Waals surface area contributed by atoms with Crippen LogP contribution in [-0.2, 0) is 9.53 Å². The SMILES string of the molecule is CC1CCCC1C(=O)CCCC1CCCO1. The topological polar surface area (TPSA) is 26.3 Å². The number of ketones is 1. The summed E-state index contributed by atoms with van der Waals surface area (Å²) in [7, 11) is 0. The van der Waals surface area contributed by atoms with Crippen LogP contribution in [0.3, 0.4) is 0 Å². The quantitative estimate of drug-likeness (QED) is 0.716. The van der Waals surface area contributed by atoms with Crippen molar-refractivity contribution in [2.45, 2.75) is 64.4 Å². The molecule has 1 saturated heterocycles. The molecule has 3 unspecified atom stereocenters. The van der Waals surface area contributed by atoms with Gasteiger partial charge in [0.05, 0.1) is 6.10 Å². The normalized spacial score (nSPS) is 34.4. The van der Waals surface area contributed by atoms with Gasteiger partial charge in [-0.05, 0) is 44.4 Å². The Hall–Kier alpha value is -0.370. The van der Waals surface area contributed by atoms with Gasteiger partial charge in [-0.1, -0.05) is 13.3 Å². The summed E-state index contributed by atoms with van der Waals surface area (Å²) >= 11 is 0. The molecule has 2 rings (SSSR count). The Morgan fingerprint density at radius 1 is 1.25 bits per heavy atom. The molecule has 2 fully saturated rings. The van der Waals surface area contributed by atoms with E-state index in [-0.39, 0.29) is 0 Å². The van der Waals surface area contributed by atoms with Crippen LogP contribution in [0, 0.1) is 11.8 Å². The minimum atomic E-state index is 0.379. The van der Waals surface area contributed by atoms with Gasteiger partial charge in [-0.25, -0.2) is 0 Å². The molecule has 0 amide bonds. The first-order valence-electron chi connectivity index (χ1n) is 6.91. The molecule has 1 aliphatic heterocycles. The number of carbonyl (C=O) groups is 1. The third-order valence-electron chi connectivity index (χ3n) is 4.25. The van der Waals surface area contributed by atoms with E-state index in [1.807, 2.05) is 0 Å². The van der Waals surface area contributed by atoms with E-state index in [9.17, 15) is 4.79 Å².